The molecule has 0 aliphatic heterocycles. The summed E-state index contributed by atoms with van der Waals surface area (Å²) in [6, 6.07) is 11.6. The van der Waals surface area contributed by atoms with Crippen molar-refractivity contribution >= 4 is 11.3 Å². The van der Waals surface area contributed by atoms with Crippen molar-refractivity contribution in [2.24, 2.45) is 0 Å². The fourth-order valence-electron chi connectivity index (χ4n) is 1.22. The summed E-state index contributed by atoms with van der Waals surface area (Å²) in [6.45, 7) is 2.11. The van der Waals surface area contributed by atoms with E-state index in [2.05, 4.69) is 0 Å². The molecule has 1 N–H and O–H groups in total. The molecule has 1 heterocycles. The Bertz CT molecular complexity index is 431. The van der Waals surface area contributed by atoms with E-state index in [1.165, 1.54) is 16.9 Å². The highest BCUT2D eigenvalue weighted by Gasteiger charge is 2.01. The summed E-state index contributed by atoms with van der Waals surface area (Å²) in [4.78, 5) is 0.914. The first-order valence-corrected chi connectivity index (χ1v) is 5.53. The number of rotatable bonds is 3. The second-order valence-electron chi connectivity index (χ2n) is 3.29. The Morgan fingerprint density at radius 3 is 2.47 bits per heavy atom. The van der Waals surface area contributed by atoms with E-state index in [0.29, 0.717) is 0 Å². The van der Waals surface area contributed by atoms with Crippen molar-refractivity contribution in [3.05, 3.63) is 46.8 Å². The number of benzene rings is 1. The summed E-state index contributed by atoms with van der Waals surface area (Å²) in [6.07, 6.45) is 0. The smallest absolute Gasteiger partial charge is 0.181 e. The van der Waals surface area contributed by atoms with Crippen LogP contribution in [0.5, 0.6) is 10.8 Å². The lowest BCUT2D eigenvalue weighted by molar-refractivity contribution is 0.285. The highest BCUT2D eigenvalue weighted by Crippen LogP contribution is 2.29. The predicted octanol–water partition coefficient (Wildman–Crippen LogP) is 3.34. The number of aliphatic hydroxyl groups is 1. The second-order valence-corrected chi connectivity index (χ2v) is 4.42. The Morgan fingerprint density at radius 2 is 1.87 bits per heavy atom. The molecule has 0 spiro atoms. The van der Waals surface area contributed by atoms with Gasteiger partial charge in [-0.15, -0.1) is 11.3 Å². The van der Waals surface area contributed by atoms with Crippen LogP contribution in [0.4, 0.5) is 0 Å². The van der Waals surface area contributed by atoms with Crippen LogP contribution in [0, 0.1) is 6.92 Å². The molecule has 2 aromatic rings. The molecule has 2 rings (SSSR count). The van der Waals surface area contributed by atoms with Crippen LogP contribution in [0.15, 0.2) is 36.4 Å². The molecule has 0 saturated carbocycles. The molecule has 0 amide bonds. The van der Waals surface area contributed by atoms with Crippen LogP contribution >= 0.6 is 11.3 Å². The van der Waals surface area contributed by atoms with Crippen molar-refractivity contribution in [3.63, 3.8) is 0 Å². The van der Waals surface area contributed by atoms with Crippen LogP contribution in [-0.4, -0.2) is 5.11 Å². The van der Waals surface area contributed by atoms with E-state index in [0.717, 1.165) is 15.7 Å². The minimum atomic E-state index is 0.0714. The minimum absolute atomic E-state index is 0.0714. The Kier molecular flexibility index (Phi) is 3.04. The van der Waals surface area contributed by atoms with Gasteiger partial charge in [-0.2, -0.15) is 0 Å². The third-order valence-corrected chi connectivity index (χ3v) is 2.98. The van der Waals surface area contributed by atoms with Gasteiger partial charge in [-0.3, -0.25) is 0 Å². The van der Waals surface area contributed by atoms with Gasteiger partial charge in [-0.25, -0.2) is 0 Å². The van der Waals surface area contributed by atoms with E-state index in [4.69, 9.17) is 9.84 Å². The zero-order valence-corrected chi connectivity index (χ0v) is 9.25. The zero-order valence-electron chi connectivity index (χ0n) is 8.43. The van der Waals surface area contributed by atoms with Crippen LogP contribution in [0.3, 0.4) is 0 Å². The van der Waals surface area contributed by atoms with Gasteiger partial charge in [-0.1, -0.05) is 17.7 Å². The number of aliphatic hydroxyl groups excluding tert-OH is 1. The van der Waals surface area contributed by atoms with Crippen LogP contribution in [0.2, 0.25) is 0 Å². The first-order valence-electron chi connectivity index (χ1n) is 4.72. The molecule has 0 aliphatic carbocycles. The molecule has 0 fully saturated rings. The Hall–Kier alpha value is -1.32. The van der Waals surface area contributed by atoms with E-state index in [1.807, 2.05) is 43.3 Å². The quantitative estimate of drug-likeness (QED) is 0.859. The molecule has 78 valence electrons. The largest absolute Gasteiger partial charge is 0.447 e. The van der Waals surface area contributed by atoms with Crippen LogP contribution < -0.4 is 4.74 Å². The van der Waals surface area contributed by atoms with E-state index < -0.39 is 0 Å². The monoisotopic (exact) mass is 220 g/mol. The molecule has 0 unspecified atom stereocenters. The topological polar surface area (TPSA) is 29.5 Å². The standard InChI is InChI=1S/C12H12O2S/c1-9-2-4-10(5-3-9)14-12-7-6-11(8-13)15-12/h2-7,13H,8H2,1H3. The van der Waals surface area contributed by atoms with Gasteiger partial charge in [0, 0.05) is 4.88 Å². The van der Waals surface area contributed by atoms with Gasteiger partial charge < -0.3 is 9.84 Å². The highest BCUT2D eigenvalue weighted by atomic mass is 32.1. The van der Waals surface area contributed by atoms with Crippen molar-refractivity contribution in [2.75, 3.05) is 0 Å². The molecule has 1 aromatic carbocycles. The molecule has 1 aromatic heterocycles. The van der Waals surface area contributed by atoms with E-state index in [1.54, 1.807) is 0 Å². The molecule has 2 nitrogen and oxygen atoms in total. The Balaban J connectivity index is 2.11. The van der Waals surface area contributed by atoms with Gasteiger partial charge in [0.05, 0.1) is 6.61 Å². The number of thiophene rings is 1. The SMILES string of the molecule is Cc1ccc(Oc2ccc(CO)s2)cc1. The summed E-state index contributed by atoms with van der Waals surface area (Å²) in [7, 11) is 0. The molecule has 0 saturated heterocycles. The van der Waals surface area contributed by atoms with E-state index in [9.17, 15) is 0 Å². The van der Waals surface area contributed by atoms with Gasteiger partial charge in [0.15, 0.2) is 5.06 Å². The first kappa shape index (κ1) is 10.2. The average Bonchev–Trinajstić information content (AvgIpc) is 2.69. The van der Waals surface area contributed by atoms with Crippen molar-refractivity contribution in [3.8, 4) is 10.8 Å². The molecule has 0 atom stereocenters. The van der Waals surface area contributed by atoms with Gasteiger partial charge in [-0.05, 0) is 31.2 Å². The summed E-state index contributed by atoms with van der Waals surface area (Å²) >= 11 is 1.46. The first-order chi connectivity index (χ1) is 7.28. The predicted molar refractivity (Wildman–Crippen MR) is 61.5 cm³/mol. The maximum absolute atomic E-state index is 8.91. The Morgan fingerprint density at radius 1 is 1.13 bits per heavy atom. The molecule has 0 radical (unpaired) electrons. The maximum Gasteiger partial charge on any atom is 0.181 e. The van der Waals surface area contributed by atoms with Crippen LogP contribution in [0.1, 0.15) is 10.4 Å². The third kappa shape index (κ3) is 2.58. The lowest BCUT2D eigenvalue weighted by Gasteiger charge is -2.02. The van der Waals surface area contributed by atoms with Crippen LogP contribution in [0.25, 0.3) is 0 Å². The third-order valence-electron chi connectivity index (χ3n) is 2.03. The molecular weight excluding hydrogens is 208 g/mol. The van der Waals surface area contributed by atoms with E-state index in [-0.39, 0.29) is 6.61 Å². The molecule has 0 aliphatic rings. The maximum atomic E-state index is 8.91. The molecular formula is C12H12O2S. The van der Waals surface area contributed by atoms with E-state index >= 15 is 0 Å². The average molecular weight is 220 g/mol. The van der Waals surface area contributed by atoms with Gasteiger partial charge >= 0.3 is 0 Å². The minimum Gasteiger partial charge on any atom is -0.447 e. The summed E-state index contributed by atoms with van der Waals surface area (Å²) < 4.78 is 5.62. The van der Waals surface area contributed by atoms with Crippen molar-refractivity contribution < 1.29 is 9.84 Å². The normalized spacial score (nSPS) is 10.3. The van der Waals surface area contributed by atoms with Gasteiger partial charge in [0.2, 0.25) is 0 Å². The Labute approximate surface area is 92.8 Å². The summed E-state index contributed by atoms with van der Waals surface area (Å²) in [5.74, 6) is 0.826. The number of hydrogen-bond donors (Lipinski definition) is 1. The molecule has 0 bridgehead atoms. The summed E-state index contributed by atoms with van der Waals surface area (Å²) in [5, 5.41) is 9.72. The highest BCUT2D eigenvalue weighted by molar-refractivity contribution is 7.13. The van der Waals surface area contributed by atoms with Crippen molar-refractivity contribution in [1.82, 2.24) is 0 Å². The fraction of sp³-hybridized carbons (Fsp3) is 0.167. The summed E-state index contributed by atoms with van der Waals surface area (Å²) in [5.41, 5.74) is 1.21. The number of ether oxygens (including phenoxy) is 1. The van der Waals surface area contributed by atoms with Gasteiger partial charge in [0.25, 0.3) is 0 Å². The number of aryl methyl sites for hydroxylation is 1. The fourth-order valence-corrected chi connectivity index (χ4v) is 1.95. The molecule has 15 heavy (non-hydrogen) atoms. The zero-order chi connectivity index (χ0) is 10.7. The second kappa shape index (κ2) is 4.47. The van der Waals surface area contributed by atoms with Crippen molar-refractivity contribution in [1.29, 1.82) is 0 Å². The van der Waals surface area contributed by atoms with Crippen molar-refractivity contribution in [2.45, 2.75) is 13.5 Å². The number of hydrogen-bond acceptors (Lipinski definition) is 3. The van der Waals surface area contributed by atoms with Gasteiger partial charge in [0.1, 0.15) is 5.75 Å². The lowest BCUT2D eigenvalue weighted by atomic mass is 10.2. The van der Waals surface area contributed by atoms with Crippen LogP contribution in [-0.2, 0) is 6.61 Å². The lowest BCUT2D eigenvalue weighted by Crippen LogP contribution is -1.80. The molecule has 3 heteroatoms.